The Morgan fingerprint density at radius 3 is 2.81 bits per heavy atom. The summed E-state index contributed by atoms with van der Waals surface area (Å²) in [5.74, 6) is 0.00703. The van der Waals surface area contributed by atoms with Gasteiger partial charge in [-0.1, -0.05) is 12.1 Å². The van der Waals surface area contributed by atoms with Gasteiger partial charge in [0.1, 0.15) is 11.5 Å². The molecule has 0 radical (unpaired) electrons. The van der Waals surface area contributed by atoms with Crippen LogP contribution < -0.4 is 5.32 Å². The second-order valence-corrected chi connectivity index (χ2v) is 4.78. The normalized spacial score (nSPS) is 12.2. The van der Waals surface area contributed by atoms with Gasteiger partial charge in [0.25, 0.3) is 0 Å². The number of halogens is 1. The van der Waals surface area contributed by atoms with Gasteiger partial charge in [-0.3, -0.25) is 10.1 Å². The highest BCUT2D eigenvalue weighted by Crippen LogP contribution is 2.31. The van der Waals surface area contributed by atoms with Gasteiger partial charge in [0.05, 0.1) is 11.0 Å². The molecule has 0 aliphatic heterocycles. The van der Waals surface area contributed by atoms with E-state index in [9.17, 15) is 14.5 Å². The first-order valence-corrected chi connectivity index (χ1v) is 6.67. The average molecular weight is 292 g/mol. The van der Waals surface area contributed by atoms with E-state index in [0.29, 0.717) is 23.6 Å². The maximum Gasteiger partial charge on any atom is 0.333 e. The van der Waals surface area contributed by atoms with Crippen molar-refractivity contribution < 1.29 is 9.31 Å². The first-order valence-electron chi connectivity index (χ1n) is 6.67. The lowest BCUT2D eigenvalue weighted by atomic mass is 10.1. The van der Waals surface area contributed by atoms with E-state index in [0.717, 1.165) is 0 Å². The molecule has 0 saturated carbocycles. The van der Waals surface area contributed by atoms with E-state index in [1.807, 2.05) is 13.8 Å². The minimum Gasteiger partial charge on any atom is -0.358 e. The SMILES string of the molecule is CCn1nc(C)c([N+](=O)[O-])c1NC(C)c1cccc(F)c1. The highest BCUT2D eigenvalue weighted by Gasteiger charge is 2.26. The lowest BCUT2D eigenvalue weighted by Crippen LogP contribution is -2.12. The number of benzene rings is 1. The minimum atomic E-state index is -0.449. The van der Waals surface area contributed by atoms with Gasteiger partial charge >= 0.3 is 5.69 Å². The molecular weight excluding hydrogens is 275 g/mol. The number of nitrogens with one attached hydrogen (secondary N) is 1. The standard InChI is InChI=1S/C14H17FN4O2/c1-4-18-14(13(19(20)21)10(3)17-18)16-9(2)11-6-5-7-12(15)8-11/h5-9,16H,4H2,1-3H3. The van der Waals surface area contributed by atoms with Crippen LogP contribution in [-0.2, 0) is 6.54 Å². The third-order valence-electron chi connectivity index (χ3n) is 3.28. The molecule has 0 fully saturated rings. The fourth-order valence-corrected chi connectivity index (χ4v) is 2.23. The van der Waals surface area contributed by atoms with Crippen molar-refractivity contribution in [1.29, 1.82) is 0 Å². The summed E-state index contributed by atoms with van der Waals surface area (Å²) >= 11 is 0. The van der Waals surface area contributed by atoms with E-state index in [4.69, 9.17) is 0 Å². The summed E-state index contributed by atoms with van der Waals surface area (Å²) in [7, 11) is 0. The van der Waals surface area contributed by atoms with E-state index < -0.39 is 4.92 Å². The predicted molar refractivity (Wildman–Crippen MR) is 77.7 cm³/mol. The zero-order valence-electron chi connectivity index (χ0n) is 12.1. The van der Waals surface area contributed by atoms with Crippen LogP contribution in [0.2, 0.25) is 0 Å². The molecule has 1 unspecified atom stereocenters. The Kier molecular flexibility index (Phi) is 4.21. The first-order chi connectivity index (χ1) is 9.93. The summed E-state index contributed by atoms with van der Waals surface area (Å²) in [4.78, 5) is 10.7. The monoisotopic (exact) mass is 292 g/mol. The summed E-state index contributed by atoms with van der Waals surface area (Å²) < 4.78 is 14.8. The minimum absolute atomic E-state index is 0.0416. The number of hydrogen-bond donors (Lipinski definition) is 1. The topological polar surface area (TPSA) is 73.0 Å². The van der Waals surface area contributed by atoms with Gasteiger partial charge in [0.15, 0.2) is 0 Å². The van der Waals surface area contributed by atoms with Gasteiger partial charge < -0.3 is 5.32 Å². The van der Waals surface area contributed by atoms with Gasteiger partial charge in [0.2, 0.25) is 5.82 Å². The molecular formula is C14H17FN4O2. The second-order valence-electron chi connectivity index (χ2n) is 4.78. The molecule has 7 heteroatoms. The van der Waals surface area contributed by atoms with Gasteiger partial charge in [0, 0.05) is 6.54 Å². The van der Waals surface area contributed by atoms with Crippen LogP contribution in [0.15, 0.2) is 24.3 Å². The quantitative estimate of drug-likeness (QED) is 0.677. The van der Waals surface area contributed by atoms with Crippen LogP contribution in [0.3, 0.4) is 0 Å². The second kappa shape index (κ2) is 5.90. The van der Waals surface area contributed by atoms with Crippen molar-refractivity contribution in [3.05, 3.63) is 51.5 Å². The maximum absolute atomic E-state index is 13.3. The van der Waals surface area contributed by atoms with Crippen LogP contribution in [0.1, 0.15) is 31.1 Å². The Balaban J connectivity index is 2.36. The van der Waals surface area contributed by atoms with Crippen LogP contribution in [0.5, 0.6) is 0 Å². The van der Waals surface area contributed by atoms with E-state index in [1.54, 1.807) is 23.7 Å². The number of nitrogens with zero attached hydrogens (tertiary/aromatic N) is 3. The summed E-state index contributed by atoms with van der Waals surface area (Å²) in [6.45, 7) is 5.78. The summed E-state index contributed by atoms with van der Waals surface area (Å²) in [5, 5.41) is 18.4. The molecule has 1 aromatic carbocycles. The third-order valence-corrected chi connectivity index (χ3v) is 3.28. The lowest BCUT2D eigenvalue weighted by Gasteiger charge is -2.16. The number of nitro groups is 1. The Labute approximate surface area is 121 Å². The molecule has 0 aliphatic carbocycles. The van der Waals surface area contributed by atoms with Crippen molar-refractivity contribution in [2.45, 2.75) is 33.4 Å². The van der Waals surface area contributed by atoms with Gasteiger partial charge in [-0.25, -0.2) is 9.07 Å². The Bertz CT molecular complexity index is 669. The molecule has 21 heavy (non-hydrogen) atoms. The molecule has 1 heterocycles. The lowest BCUT2D eigenvalue weighted by molar-refractivity contribution is -0.384. The third kappa shape index (κ3) is 3.01. The van der Waals surface area contributed by atoms with Crippen molar-refractivity contribution in [1.82, 2.24) is 9.78 Å². The van der Waals surface area contributed by atoms with E-state index >= 15 is 0 Å². The molecule has 0 aliphatic rings. The van der Waals surface area contributed by atoms with Crippen LogP contribution in [0, 0.1) is 22.9 Å². The van der Waals surface area contributed by atoms with Crippen LogP contribution in [-0.4, -0.2) is 14.7 Å². The largest absolute Gasteiger partial charge is 0.358 e. The molecule has 1 N–H and O–H groups in total. The summed E-state index contributed by atoms with van der Waals surface area (Å²) in [6, 6.07) is 5.87. The van der Waals surface area contributed by atoms with Crippen LogP contribution in [0.25, 0.3) is 0 Å². The number of hydrogen-bond acceptors (Lipinski definition) is 4. The number of rotatable bonds is 5. The Hall–Kier alpha value is -2.44. The molecule has 6 nitrogen and oxygen atoms in total. The summed E-state index contributed by atoms with van der Waals surface area (Å²) in [5.41, 5.74) is 1.03. The predicted octanol–water partition coefficient (Wildman–Crippen LogP) is 3.43. The molecule has 1 atom stereocenters. The number of anilines is 1. The van der Waals surface area contributed by atoms with Crippen molar-refractivity contribution in [3.8, 4) is 0 Å². The summed E-state index contributed by atoms with van der Waals surface area (Å²) in [6.07, 6.45) is 0. The highest BCUT2D eigenvalue weighted by molar-refractivity contribution is 5.60. The van der Waals surface area contributed by atoms with Crippen molar-refractivity contribution in [2.75, 3.05) is 5.32 Å². The van der Waals surface area contributed by atoms with E-state index in [1.165, 1.54) is 12.1 Å². The molecule has 1 aromatic heterocycles. The first kappa shape index (κ1) is 15.0. The van der Waals surface area contributed by atoms with E-state index in [-0.39, 0.29) is 17.5 Å². The van der Waals surface area contributed by atoms with Gasteiger partial charge in [-0.05, 0) is 38.5 Å². The zero-order valence-corrected chi connectivity index (χ0v) is 12.1. The average Bonchev–Trinajstić information content (AvgIpc) is 2.74. The highest BCUT2D eigenvalue weighted by atomic mass is 19.1. The zero-order chi connectivity index (χ0) is 15.6. The Morgan fingerprint density at radius 1 is 1.52 bits per heavy atom. The maximum atomic E-state index is 13.3. The molecule has 0 spiro atoms. The molecule has 0 saturated heterocycles. The molecule has 0 bridgehead atoms. The van der Waals surface area contributed by atoms with Gasteiger partial charge in [-0.15, -0.1) is 0 Å². The van der Waals surface area contributed by atoms with Crippen LogP contribution in [0.4, 0.5) is 15.9 Å². The molecule has 2 rings (SSSR count). The molecule has 2 aromatic rings. The van der Waals surface area contributed by atoms with Crippen LogP contribution >= 0.6 is 0 Å². The van der Waals surface area contributed by atoms with Gasteiger partial charge in [-0.2, -0.15) is 5.10 Å². The molecule has 0 amide bonds. The van der Waals surface area contributed by atoms with Crippen molar-refractivity contribution >= 4 is 11.5 Å². The Morgan fingerprint density at radius 2 is 2.24 bits per heavy atom. The van der Waals surface area contributed by atoms with E-state index in [2.05, 4.69) is 10.4 Å². The number of aryl methyl sites for hydroxylation is 2. The smallest absolute Gasteiger partial charge is 0.333 e. The molecule has 112 valence electrons. The van der Waals surface area contributed by atoms with Crippen molar-refractivity contribution in [3.63, 3.8) is 0 Å². The fourth-order valence-electron chi connectivity index (χ4n) is 2.23. The fraction of sp³-hybridized carbons (Fsp3) is 0.357. The number of aromatic nitrogens is 2. The van der Waals surface area contributed by atoms with Crippen molar-refractivity contribution in [2.24, 2.45) is 0 Å².